The second-order valence-corrected chi connectivity index (χ2v) is 8.05. The van der Waals surface area contributed by atoms with Gasteiger partial charge in [0, 0.05) is 31.6 Å². The van der Waals surface area contributed by atoms with E-state index in [0.717, 1.165) is 32.6 Å². The molecule has 4 atom stereocenters. The number of hydrogen-bond acceptors (Lipinski definition) is 3. The predicted molar refractivity (Wildman–Crippen MR) is 102 cm³/mol. The largest absolute Gasteiger partial charge is 0.352 e. The summed E-state index contributed by atoms with van der Waals surface area (Å²) in [5.74, 6) is 1.35. The lowest BCUT2D eigenvalue weighted by Gasteiger charge is -2.28. The van der Waals surface area contributed by atoms with Gasteiger partial charge in [-0.05, 0) is 56.7 Å². The van der Waals surface area contributed by atoms with Crippen LogP contribution in [0.25, 0.3) is 0 Å². The van der Waals surface area contributed by atoms with E-state index in [0.29, 0.717) is 30.3 Å². The van der Waals surface area contributed by atoms with Crippen molar-refractivity contribution >= 4 is 5.91 Å². The van der Waals surface area contributed by atoms with Crippen LogP contribution in [0.3, 0.4) is 0 Å². The van der Waals surface area contributed by atoms with Gasteiger partial charge in [-0.15, -0.1) is 0 Å². The molecule has 2 fully saturated rings. The summed E-state index contributed by atoms with van der Waals surface area (Å²) < 4.78 is 0. The molecule has 2 aliphatic heterocycles. The fraction of sp³-hybridized carbons (Fsp3) is 0.667. The number of carbonyl (C=O) groups is 1. The van der Waals surface area contributed by atoms with Gasteiger partial charge < -0.3 is 10.6 Å². The first-order chi connectivity index (χ1) is 12.1. The number of hydrogen-bond donors (Lipinski definition) is 2. The van der Waals surface area contributed by atoms with Gasteiger partial charge in [0.15, 0.2) is 0 Å². The van der Waals surface area contributed by atoms with Crippen LogP contribution in [0.2, 0.25) is 0 Å². The highest BCUT2D eigenvalue weighted by Gasteiger charge is 2.30. The first-order valence-electron chi connectivity index (χ1n) is 9.90. The van der Waals surface area contributed by atoms with Crippen molar-refractivity contribution < 1.29 is 4.79 Å². The van der Waals surface area contributed by atoms with Crippen LogP contribution in [0, 0.1) is 11.8 Å². The van der Waals surface area contributed by atoms with E-state index in [1.54, 1.807) is 0 Å². The first-order valence-corrected chi connectivity index (χ1v) is 9.90. The minimum atomic E-state index is 0.233. The Bertz CT molecular complexity index is 541. The lowest BCUT2D eigenvalue weighted by Crippen LogP contribution is -2.39. The van der Waals surface area contributed by atoms with E-state index in [2.05, 4.69) is 59.7 Å². The smallest absolute Gasteiger partial charge is 0.220 e. The van der Waals surface area contributed by atoms with E-state index < -0.39 is 0 Å². The highest BCUT2D eigenvalue weighted by Crippen LogP contribution is 2.24. The molecule has 0 saturated carbocycles. The summed E-state index contributed by atoms with van der Waals surface area (Å²) in [6, 6.07) is 11.4. The Balaban J connectivity index is 1.44. The number of benzene rings is 1. The van der Waals surface area contributed by atoms with Gasteiger partial charge in [-0.25, -0.2) is 0 Å². The van der Waals surface area contributed by atoms with Crippen molar-refractivity contribution in [1.82, 2.24) is 15.5 Å². The Hall–Kier alpha value is -1.39. The molecule has 2 saturated heterocycles. The maximum absolute atomic E-state index is 12.5. The molecule has 3 rings (SSSR count). The molecule has 2 heterocycles. The summed E-state index contributed by atoms with van der Waals surface area (Å²) in [5, 5.41) is 6.75. The second-order valence-electron chi connectivity index (χ2n) is 8.05. The molecule has 4 unspecified atom stereocenters. The normalized spacial score (nSPS) is 28.6. The third-order valence-electron chi connectivity index (χ3n) is 5.94. The van der Waals surface area contributed by atoms with E-state index >= 15 is 0 Å². The standard InChI is InChI=1S/C21H33N3O/c1-16(19-9-6-10-22-13-19)11-21(25)23-20-12-17(2)24(15-20)14-18-7-4-3-5-8-18/h3-5,7-8,16-17,19-20,22H,6,9-15H2,1-2H3,(H,23,25). The topological polar surface area (TPSA) is 44.4 Å². The zero-order valence-electron chi connectivity index (χ0n) is 15.7. The fourth-order valence-electron chi connectivity index (χ4n) is 4.35. The molecule has 0 bridgehead atoms. The zero-order valence-corrected chi connectivity index (χ0v) is 15.7. The van der Waals surface area contributed by atoms with Crippen LogP contribution in [-0.2, 0) is 11.3 Å². The van der Waals surface area contributed by atoms with Gasteiger partial charge >= 0.3 is 0 Å². The van der Waals surface area contributed by atoms with Gasteiger partial charge in [0.1, 0.15) is 0 Å². The van der Waals surface area contributed by atoms with Gasteiger partial charge in [-0.1, -0.05) is 37.3 Å². The predicted octanol–water partition coefficient (Wildman–Crippen LogP) is 2.79. The van der Waals surface area contributed by atoms with Gasteiger partial charge in [-0.3, -0.25) is 9.69 Å². The third-order valence-corrected chi connectivity index (χ3v) is 5.94. The molecule has 25 heavy (non-hydrogen) atoms. The molecule has 0 radical (unpaired) electrons. The summed E-state index contributed by atoms with van der Waals surface area (Å²) in [7, 11) is 0. The van der Waals surface area contributed by atoms with Crippen molar-refractivity contribution in [2.24, 2.45) is 11.8 Å². The summed E-state index contributed by atoms with van der Waals surface area (Å²) >= 11 is 0. The minimum Gasteiger partial charge on any atom is -0.352 e. The van der Waals surface area contributed by atoms with Crippen molar-refractivity contribution in [2.75, 3.05) is 19.6 Å². The van der Waals surface area contributed by atoms with Crippen LogP contribution in [0.4, 0.5) is 0 Å². The van der Waals surface area contributed by atoms with E-state index in [9.17, 15) is 4.79 Å². The van der Waals surface area contributed by atoms with E-state index in [-0.39, 0.29) is 5.91 Å². The molecule has 4 heteroatoms. The van der Waals surface area contributed by atoms with Gasteiger partial charge in [-0.2, -0.15) is 0 Å². The van der Waals surface area contributed by atoms with Crippen molar-refractivity contribution in [1.29, 1.82) is 0 Å². The SMILES string of the molecule is CC(CC(=O)NC1CC(C)N(Cc2ccccc2)C1)C1CCCNC1. The Morgan fingerprint density at radius 1 is 1.36 bits per heavy atom. The van der Waals surface area contributed by atoms with Crippen molar-refractivity contribution in [3.8, 4) is 0 Å². The van der Waals surface area contributed by atoms with Crippen LogP contribution in [0.15, 0.2) is 30.3 Å². The van der Waals surface area contributed by atoms with Gasteiger partial charge in [0.2, 0.25) is 5.91 Å². The molecule has 1 amide bonds. The molecule has 1 aromatic carbocycles. The number of nitrogens with zero attached hydrogens (tertiary/aromatic N) is 1. The summed E-state index contributed by atoms with van der Waals surface area (Å²) in [6.07, 6.45) is 4.21. The molecule has 4 nitrogen and oxygen atoms in total. The number of rotatable bonds is 6. The maximum Gasteiger partial charge on any atom is 0.220 e. The van der Waals surface area contributed by atoms with E-state index in [1.165, 1.54) is 18.4 Å². The average molecular weight is 344 g/mol. The summed E-state index contributed by atoms with van der Waals surface area (Å²) in [6.45, 7) is 8.63. The number of carbonyl (C=O) groups excluding carboxylic acids is 1. The van der Waals surface area contributed by atoms with Crippen LogP contribution < -0.4 is 10.6 Å². The highest BCUT2D eigenvalue weighted by molar-refractivity contribution is 5.76. The van der Waals surface area contributed by atoms with Gasteiger partial charge in [0.25, 0.3) is 0 Å². The van der Waals surface area contributed by atoms with Crippen molar-refractivity contribution in [3.05, 3.63) is 35.9 Å². The molecular weight excluding hydrogens is 310 g/mol. The van der Waals surface area contributed by atoms with Crippen molar-refractivity contribution in [2.45, 2.75) is 58.2 Å². The lowest BCUT2D eigenvalue weighted by atomic mass is 9.85. The molecular formula is C21H33N3O. The number of amides is 1. The van der Waals surface area contributed by atoms with Crippen LogP contribution >= 0.6 is 0 Å². The summed E-state index contributed by atoms with van der Waals surface area (Å²) in [5.41, 5.74) is 1.35. The second kappa shape index (κ2) is 8.81. The zero-order chi connectivity index (χ0) is 17.6. The Kier molecular flexibility index (Phi) is 6.49. The maximum atomic E-state index is 12.5. The molecule has 2 aliphatic rings. The van der Waals surface area contributed by atoms with E-state index in [1.807, 2.05) is 0 Å². The van der Waals surface area contributed by atoms with Crippen LogP contribution in [0.1, 0.15) is 45.1 Å². The molecule has 1 aromatic rings. The minimum absolute atomic E-state index is 0.233. The Morgan fingerprint density at radius 3 is 2.88 bits per heavy atom. The molecule has 0 aromatic heterocycles. The van der Waals surface area contributed by atoms with Crippen LogP contribution in [-0.4, -0.2) is 42.5 Å². The van der Waals surface area contributed by atoms with Gasteiger partial charge in [0.05, 0.1) is 0 Å². The molecule has 0 spiro atoms. The summed E-state index contributed by atoms with van der Waals surface area (Å²) in [4.78, 5) is 15.0. The lowest BCUT2D eigenvalue weighted by molar-refractivity contribution is -0.123. The monoisotopic (exact) mass is 343 g/mol. The van der Waals surface area contributed by atoms with Crippen molar-refractivity contribution in [3.63, 3.8) is 0 Å². The average Bonchev–Trinajstić information content (AvgIpc) is 2.95. The Morgan fingerprint density at radius 2 is 2.16 bits per heavy atom. The number of nitrogens with one attached hydrogen (secondary N) is 2. The first kappa shape index (κ1) is 18.4. The number of likely N-dealkylation sites (tertiary alicyclic amines) is 1. The van der Waals surface area contributed by atoms with E-state index in [4.69, 9.17) is 0 Å². The fourth-order valence-corrected chi connectivity index (χ4v) is 4.35. The number of piperidine rings is 1. The molecule has 138 valence electrons. The quantitative estimate of drug-likeness (QED) is 0.835. The third kappa shape index (κ3) is 5.29. The Labute approximate surface area is 152 Å². The molecule has 0 aliphatic carbocycles. The highest BCUT2D eigenvalue weighted by atomic mass is 16.1. The van der Waals surface area contributed by atoms with Crippen LogP contribution in [0.5, 0.6) is 0 Å². The molecule has 2 N–H and O–H groups in total.